The molecule has 1 aromatic heterocycles. The Morgan fingerprint density at radius 3 is 2.40 bits per heavy atom. The minimum absolute atomic E-state index is 0.394. The van der Waals surface area contributed by atoms with Gasteiger partial charge in [0, 0.05) is 18.7 Å². The maximum Gasteiger partial charge on any atom is 0.163 e. The monoisotopic (exact) mass is 337 g/mol. The Bertz CT molecular complexity index is 897. The molecule has 1 aliphatic rings. The average Bonchev–Trinajstić information content (AvgIpc) is 2.97. The number of hydrogen-bond donors (Lipinski definition) is 1. The van der Waals surface area contributed by atoms with Crippen LogP contribution in [0.2, 0.25) is 0 Å². The summed E-state index contributed by atoms with van der Waals surface area (Å²) in [5.41, 5.74) is 10.4. The standard InChI is InChI=1S/C20H23N3O2/c1-13(2)15-5-3-14(4-6-15)12-23-17-10-19-18(24-7-8-25-19)9-16(17)22-20(23)11-21/h3-6,9-10,13H,7-8,11-12,21H2,1-2H3. The average molecular weight is 337 g/mol. The summed E-state index contributed by atoms with van der Waals surface area (Å²) in [5, 5.41) is 0. The highest BCUT2D eigenvalue weighted by Crippen LogP contribution is 2.35. The van der Waals surface area contributed by atoms with Crippen LogP contribution in [-0.4, -0.2) is 22.8 Å². The van der Waals surface area contributed by atoms with Crippen LogP contribution < -0.4 is 15.2 Å². The van der Waals surface area contributed by atoms with Crippen molar-refractivity contribution < 1.29 is 9.47 Å². The van der Waals surface area contributed by atoms with Gasteiger partial charge in [0.1, 0.15) is 19.0 Å². The third kappa shape index (κ3) is 2.96. The topological polar surface area (TPSA) is 62.3 Å². The van der Waals surface area contributed by atoms with E-state index in [1.54, 1.807) is 0 Å². The van der Waals surface area contributed by atoms with E-state index in [4.69, 9.17) is 15.2 Å². The first-order valence-corrected chi connectivity index (χ1v) is 8.73. The largest absolute Gasteiger partial charge is 0.486 e. The van der Waals surface area contributed by atoms with Crippen molar-refractivity contribution in [1.29, 1.82) is 0 Å². The summed E-state index contributed by atoms with van der Waals surface area (Å²) in [6.45, 7) is 6.69. The fraction of sp³-hybridized carbons (Fsp3) is 0.350. The molecule has 2 N–H and O–H groups in total. The van der Waals surface area contributed by atoms with Gasteiger partial charge in [0.2, 0.25) is 0 Å². The second-order valence-electron chi connectivity index (χ2n) is 6.70. The first-order valence-electron chi connectivity index (χ1n) is 8.73. The van der Waals surface area contributed by atoms with Gasteiger partial charge in [-0.2, -0.15) is 0 Å². The van der Waals surface area contributed by atoms with Crippen molar-refractivity contribution in [3.05, 3.63) is 53.3 Å². The lowest BCUT2D eigenvalue weighted by molar-refractivity contribution is 0.172. The molecule has 4 rings (SSSR count). The third-order valence-electron chi connectivity index (χ3n) is 4.66. The number of imidazole rings is 1. The number of rotatable bonds is 4. The van der Waals surface area contributed by atoms with Crippen LogP contribution >= 0.6 is 0 Å². The summed E-state index contributed by atoms with van der Waals surface area (Å²) < 4.78 is 13.6. The molecule has 0 unspecified atom stereocenters. The van der Waals surface area contributed by atoms with E-state index in [1.807, 2.05) is 12.1 Å². The van der Waals surface area contributed by atoms with E-state index in [9.17, 15) is 0 Å². The molecule has 0 saturated heterocycles. The summed E-state index contributed by atoms with van der Waals surface area (Å²) in [4.78, 5) is 4.68. The molecular formula is C20H23N3O2. The minimum atomic E-state index is 0.394. The van der Waals surface area contributed by atoms with Crippen LogP contribution in [0.3, 0.4) is 0 Å². The van der Waals surface area contributed by atoms with E-state index in [-0.39, 0.29) is 0 Å². The molecule has 0 fully saturated rings. The van der Waals surface area contributed by atoms with Crippen LogP contribution in [0, 0.1) is 0 Å². The Morgan fingerprint density at radius 1 is 1.08 bits per heavy atom. The first-order chi connectivity index (χ1) is 12.2. The molecule has 0 saturated carbocycles. The molecule has 3 aromatic rings. The van der Waals surface area contributed by atoms with Crippen LogP contribution in [0.1, 0.15) is 36.7 Å². The summed E-state index contributed by atoms with van der Waals surface area (Å²) in [7, 11) is 0. The molecule has 0 amide bonds. The van der Waals surface area contributed by atoms with Crippen molar-refractivity contribution in [1.82, 2.24) is 9.55 Å². The SMILES string of the molecule is CC(C)c1ccc(Cn2c(CN)nc3cc4c(cc32)OCCO4)cc1. The Morgan fingerprint density at radius 2 is 1.76 bits per heavy atom. The second kappa shape index (κ2) is 6.41. The Balaban J connectivity index is 1.74. The Kier molecular flexibility index (Phi) is 4.09. The van der Waals surface area contributed by atoms with Gasteiger partial charge in [0.05, 0.1) is 17.6 Å². The fourth-order valence-electron chi connectivity index (χ4n) is 3.23. The minimum Gasteiger partial charge on any atom is -0.486 e. The van der Waals surface area contributed by atoms with Gasteiger partial charge in [-0.15, -0.1) is 0 Å². The summed E-state index contributed by atoms with van der Waals surface area (Å²) in [6.07, 6.45) is 0. The number of ether oxygens (including phenoxy) is 2. The lowest BCUT2D eigenvalue weighted by atomic mass is 10.0. The number of hydrogen-bond acceptors (Lipinski definition) is 4. The zero-order valence-corrected chi connectivity index (χ0v) is 14.7. The molecule has 5 nitrogen and oxygen atoms in total. The summed E-state index contributed by atoms with van der Waals surface area (Å²) >= 11 is 0. The molecule has 0 radical (unpaired) electrons. The lowest BCUT2D eigenvalue weighted by Crippen LogP contribution is -2.15. The number of benzene rings is 2. The molecule has 130 valence electrons. The highest BCUT2D eigenvalue weighted by molar-refractivity contribution is 5.81. The summed E-state index contributed by atoms with van der Waals surface area (Å²) in [6, 6.07) is 12.7. The predicted molar refractivity (Wildman–Crippen MR) is 98.2 cm³/mol. The van der Waals surface area contributed by atoms with Crippen molar-refractivity contribution in [2.45, 2.75) is 32.9 Å². The maximum absolute atomic E-state index is 5.94. The molecule has 0 bridgehead atoms. The highest BCUT2D eigenvalue weighted by Gasteiger charge is 2.17. The van der Waals surface area contributed by atoms with Crippen LogP contribution in [0.15, 0.2) is 36.4 Å². The lowest BCUT2D eigenvalue weighted by Gasteiger charge is -2.18. The number of nitrogens with two attached hydrogens (primary N) is 1. The Hall–Kier alpha value is -2.53. The van der Waals surface area contributed by atoms with Crippen molar-refractivity contribution in [3.63, 3.8) is 0 Å². The third-order valence-corrected chi connectivity index (χ3v) is 4.66. The van der Waals surface area contributed by atoms with E-state index in [0.29, 0.717) is 25.7 Å². The summed E-state index contributed by atoms with van der Waals surface area (Å²) in [5.74, 6) is 2.93. The first kappa shape index (κ1) is 16.0. The Labute approximate surface area is 147 Å². The molecule has 0 aliphatic carbocycles. The number of nitrogens with zero attached hydrogens (tertiary/aromatic N) is 2. The molecule has 0 atom stereocenters. The van der Waals surface area contributed by atoms with Crippen LogP contribution in [0.25, 0.3) is 11.0 Å². The molecule has 5 heteroatoms. The van der Waals surface area contributed by atoms with Gasteiger partial charge in [-0.25, -0.2) is 4.98 Å². The molecule has 25 heavy (non-hydrogen) atoms. The predicted octanol–water partition coefficient (Wildman–Crippen LogP) is 3.44. The zero-order chi connectivity index (χ0) is 17.4. The van der Waals surface area contributed by atoms with Gasteiger partial charge >= 0.3 is 0 Å². The normalized spacial score (nSPS) is 13.6. The second-order valence-corrected chi connectivity index (χ2v) is 6.70. The van der Waals surface area contributed by atoms with Gasteiger partial charge in [-0.3, -0.25) is 0 Å². The smallest absolute Gasteiger partial charge is 0.163 e. The van der Waals surface area contributed by atoms with Gasteiger partial charge in [-0.1, -0.05) is 38.1 Å². The molecular weight excluding hydrogens is 314 g/mol. The maximum atomic E-state index is 5.94. The van der Waals surface area contributed by atoms with Gasteiger partial charge in [0.25, 0.3) is 0 Å². The van der Waals surface area contributed by atoms with Gasteiger partial charge < -0.3 is 19.8 Å². The highest BCUT2D eigenvalue weighted by atomic mass is 16.6. The van der Waals surface area contributed by atoms with Crippen LogP contribution in [-0.2, 0) is 13.1 Å². The van der Waals surface area contributed by atoms with E-state index in [0.717, 1.165) is 34.9 Å². The quantitative estimate of drug-likeness (QED) is 0.792. The van der Waals surface area contributed by atoms with Crippen molar-refractivity contribution in [3.8, 4) is 11.5 Å². The van der Waals surface area contributed by atoms with E-state index in [2.05, 4.69) is 47.7 Å². The number of fused-ring (bicyclic) bond motifs is 2. The van der Waals surface area contributed by atoms with E-state index < -0.39 is 0 Å². The molecule has 1 aliphatic heterocycles. The fourth-order valence-corrected chi connectivity index (χ4v) is 3.23. The van der Waals surface area contributed by atoms with Gasteiger partial charge in [-0.05, 0) is 17.0 Å². The van der Waals surface area contributed by atoms with Gasteiger partial charge in [0.15, 0.2) is 11.5 Å². The molecule has 2 aromatic carbocycles. The van der Waals surface area contributed by atoms with Crippen LogP contribution in [0.4, 0.5) is 0 Å². The van der Waals surface area contributed by atoms with Crippen LogP contribution in [0.5, 0.6) is 11.5 Å². The van der Waals surface area contributed by atoms with E-state index in [1.165, 1.54) is 11.1 Å². The van der Waals surface area contributed by atoms with Crippen molar-refractivity contribution >= 4 is 11.0 Å². The molecule has 0 spiro atoms. The molecule has 2 heterocycles. The number of aromatic nitrogens is 2. The van der Waals surface area contributed by atoms with Crippen molar-refractivity contribution in [2.24, 2.45) is 5.73 Å². The van der Waals surface area contributed by atoms with E-state index >= 15 is 0 Å². The van der Waals surface area contributed by atoms with Crippen molar-refractivity contribution in [2.75, 3.05) is 13.2 Å². The zero-order valence-electron chi connectivity index (χ0n) is 14.7.